The van der Waals surface area contributed by atoms with Gasteiger partial charge < -0.3 is 9.80 Å². The zero-order chi connectivity index (χ0) is 33.3. The van der Waals surface area contributed by atoms with E-state index in [1.165, 1.54) is 224 Å². The van der Waals surface area contributed by atoms with Crippen LogP contribution < -0.4 is 0 Å². The van der Waals surface area contributed by atoms with Gasteiger partial charge in [-0.15, -0.1) is 0 Å². The summed E-state index contributed by atoms with van der Waals surface area (Å²) in [6.07, 6.45) is 51.1. The van der Waals surface area contributed by atoms with E-state index in [4.69, 9.17) is 0 Å². The van der Waals surface area contributed by atoms with Crippen LogP contribution in [-0.2, 0) is 0 Å². The van der Waals surface area contributed by atoms with Crippen LogP contribution >= 0.6 is 0 Å². The first-order valence-corrected chi connectivity index (χ1v) is 21.6. The Bertz CT molecular complexity index is 788. The number of nitrogens with zero attached hydrogens (tertiary/aromatic N) is 2. The van der Waals surface area contributed by atoms with E-state index in [-0.39, 0.29) is 0 Å². The van der Waals surface area contributed by atoms with Gasteiger partial charge in [-0.3, -0.25) is 0 Å². The summed E-state index contributed by atoms with van der Waals surface area (Å²) >= 11 is 0. The van der Waals surface area contributed by atoms with E-state index < -0.39 is 0 Å². The van der Waals surface area contributed by atoms with Crippen molar-refractivity contribution < 1.29 is 0 Å². The summed E-state index contributed by atoms with van der Waals surface area (Å²) in [6.45, 7) is 6.99. The Kier molecular flexibility index (Phi) is 28.2. The van der Waals surface area contributed by atoms with E-state index in [9.17, 15) is 0 Å². The van der Waals surface area contributed by atoms with Crippen LogP contribution in [-0.4, -0.2) is 22.9 Å². The van der Waals surface area contributed by atoms with E-state index in [1.54, 1.807) is 0 Å². The van der Waals surface area contributed by atoms with Crippen LogP contribution in [0.3, 0.4) is 0 Å². The average Bonchev–Trinajstić information content (AvgIpc) is 3.50. The molecule has 0 bridgehead atoms. The first kappa shape index (κ1) is 41.7. The zero-order valence-electron chi connectivity index (χ0n) is 32.1. The highest BCUT2D eigenvalue weighted by atomic mass is 15.4. The summed E-state index contributed by atoms with van der Waals surface area (Å²) in [6, 6.07) is 11.3. The average molecular weight is 651 g/mol. The Morgan fingerprint density at radius 1 is 0.340 bits per heavy atom. The van der Waals surface area contributed by atoms with Crippen molar-refractivity contribution in [1.82, 2.24) is 9.80 Å². The van der Waals surface area contributed by atoms with Crippen LogP contribution in [0.5, 0.6) is 0 Å². The molecular weight excluding hydrogens is 569 g/mol. The summed E-state index contributed by atoms with van der Waals surface area (Å²) in [5, 5.41) is 0. The van der Waals surface area contributed by atoms with Crippen LogP contribution in [0.25, 0.3) is 0 Å². The van der Waals surface area contributed by atoms with Crippen LogP contribution in [0.4, 0.5) is 0 Å². The van der Waals surface area contributed by atoms with E-state index in [2.05, 4.69) is 66.4 Å². The molecule has 1 unspecified atom stereocenters. The van der Waals surface area contributed by atoms with E-state index in [0.717, 1.165) is 0 Å². The Labute approximate surface area is 295 Å². The fraction of sp³-hybridized carbons (Fsp3) is 0.822. The molecule has 47 heavy (non-hydrogen) atoms. The first-order valence-electron chi connectivity index (χ1n) is 21.6. The Hall–Kier alpha value is -1.44. The van der Waals surface area contributed by atoms with Gasteiger partial charge in [-0.25, -0.2) is 0 Å². The van der Waals surface area contributed by atoms with Crippen molar-refractivity contribution in [3.63, 3.8) is 0 Å². The highest BCUT2D eigenvalue weighted by Gasteiger charge is 2.26. The minimum Gasteiger partial charge on any atom is -0.352 e. The Morgan fingerprint density at radius 2 is 0.596 bits per heavy atom. The molecule has 0 aromatic heterocycles. The molecule has 2 rings (SSSR count). The summed E-state index contributed by atoms with van der Waals surface area (Å²) in [4.78, 5) is 5.23. The lowest BCUT2D eigenvalue weighted by Crippen LogP contribution is -2.32. The highest BCUT2D eigenvalue weighted by molar-refractivity contribution is 5.21. The summed E-state index contributed by atoms with van der Waals surface area (Å²) in [5.74, 6) is 0. The second kappa shape index (κ2) is 31.8. The minimum atomic E-state index is 0.393. The molecule has 0 saturated heterocycles. The third-order valence-electron chi connectivity index (χ3n) is 10.7. The topological polar surface area (TPSA) is 6.48 Å². The number of hydrogen-bond donors (Lipinski definition) is 0. The van der Waals surface area contributed by atoms with Gasteiger partial charge in [-0.2, -0.15) is 0 Å². The predicted molar refractivity (Wildman–Crippen MR) is 211 cm³/mol. The number of hydrogen-bond acceptors (Lipinski definition) is 2. The molecule has 0 aliphatic carbocycles. The van der Waals surface area contributed by atoms with Gasteiger partial charge in [-0.1, -0.05) is 237 Å². The lowest BCUT2D eigenvalue weighted by Gasteiger charge is -2.33. The van der Waals surface area contributed by atoms with Crippen LogP contribution in [0.15, 0.2) is 42.7 Å². The summed E-state index contributed by atoms with van der Waals surface area (Å²) < 4.78 is 0. The molecule has 0 spiro atoms. The van der Waals surface area contributed by atoms with Gasteiger partial charge in [0.1, 0.15) is 6.17 Å². The van der Waals surface area contributed by atoms with Gasteiger partial charge >= 0.3 is 0 Å². The normalized spacial score (nSPS) is 14.6. The standard InChI is InChI=1S/C45H82N2/c1-3-5-7-9-11-13-15-17-19-20-22-24-26-28-30-32-37-41-47-43-42-46(45(47)44-38-34-33-35-39-44)40-36-31-29-27-25-23-21-18-16-14-12-10-8-6-4-2/h33-35,38-39,42-43,45H,3-32,36-37,40-41H2,1-2H3. The largest absolute Gasteiger partial charge is 0.352 e. The SMILES string of the molecule is CCCCCCCCCCCCCCCCCCCN1C=CN(CCCCCCCCCCCCCCCCC)C1c1ccccc1. The third-order valence-corrected chi connectivity index (χ3v) is 10.7. The lowest BCUT2D eigenvalue weighted by atomic mass is 10.0. The molecule has 0 radical (unpaired) electrons. The van der Waals surface area contributed by atoms with E-state index in [1.807, 2.05) is 0 Å². The molecule has 1 aliphatic heterocycles. The Balaban J connectivity index is 1.46. The second-order valence-corrected chi connectivity index (χ2v) is 15.2. The van der Waals surface area contributed by atoms with Gasteiger partial charge in [-0.05, 0) is 18.4 Å². The molecule has 1 aromatic rings. The van der Waals surface area contributed by atoms with Crippen molar-refractivity contribution in [1.29, 1.82) is 0 Å². The molecule has 1 aromatic carbocycles. The van der Waals surface area contributed by atoms with Crippen molar-refractivity contribution in [3.8, 4) is 0 Å². The maximum atomic E-state index is 2.62. The molecule has 1 aliphatic rings. The van der Waals surface area contributed by atoms with Crippen LogP contribution in [0.2, 0.25) is 0 Å². The highest BCUT2D eigenvalue weighted by Crippen LogP contribution is 2.31. The third kappa shape index (κ3) is 22.8. The van der Waals surface area contributed by atoms with Gasteiger partial charge in [0, 0.05) is 25.5 Å². The maximum absolute atomic E-state index is 2.62. The fourth-order valence-electron chi connectivity index (χ4n) is 7.61. The first-order chi connectivity index (χ1) is 23.4. The monoisotopic (exact) mass is 651 g/mol. The van der Waals surface area contributed by atoms with Crippen molar-refractivity contribution in [2.24, 2.45) is 0 Å². The number of rotatable bonds is 35. The molecule has 0 N–H and O–H groups in total. The molecule has 1 heterocycles. The van der Waals surface area contributed by atoms with Crippen molar-refractivity contribution in [2.75, 3.05) is 13.1 Å². The zero-order valence-corrected chi connectivity index (χ0v) is 32.1. The van der Waals surface area contributed by atoms with Gasteiger partial charge in [0.05, 0.1) is 0 Å². The van der Waals surface area contributed by atoms with Crippen LogP contribution in [0.1, 0.15) is 231 Å². The predicted octanol–water partition coefficient (Wildman–Crippen LogP) is 15.3. The quantitative estimate of drug-likeness (QED) is 0.0675. The molecule has 0 fully saturated rings. The van der Waals surface area contributed by atoms with Crippen molar-refractivity contribution in [2.45, 2.75) is 225 Å². The second-order valence-electron chi connectivity index (χ2n) is 15.2. The smallest absolute Gasteiger partial charge is 0.127 e. The maximum Gasteiger partial charge on any atom is 0.127 e. The fourth-order valence-corrected chi connectivity index (χ4v) is 7.61. The molecule has 272 valence electrons. The van der Waals surface area contributed by atoms with Gasteiger partial charge in [0.25, 0.3) is 0 Å². The summed E-state index contributed by atoms with van der Waals surface area (Å²) in [7, 11) is 0. The number of benzene rings is 1. The van der Waals surface area contributed by atoms with Gasteiger partial charge in [0.2, 0.25) is 0 Å². The molecule has 2 heteroatoms. The number of unbranched alkanes of at least 4 members (excludes halogenated alkanes) is 30. The lowest BCUT2D eigenvalue weighted by molar-refractivity contribution is 0.149. The Morgan fingerprint density at radius 3 is 0.872 bits per heavy atom. The van der Waals surface area contributed by atoms with Crippen molar-refractivity contribution >= 4 is 0 Å². The molecule has 2 nitrogen and oxygen atoms in total. The van der Waals surface area contributed by atoms with Gasteiger partial charge in [0.15, 0.2) is 0 Å². The molecule has 1 atom stereocenters. The molecule has 0 saturated carbocycles. The van der Waals surface area contributed by atoms with Crippen LogP contribution in [0, 0.1) is 0 Å². The van der Waals surface area contributed by atoms with E-state index >= 15 is 0 Å². The molecular formula is C45H82N2. The van der Waals surface area contributed by atoms with Crippen molar-refractivity contribution in [3.05, 3.63) is 48.3 Å². The molecule has 0 amide bonds. The minimum absolute atomic E-state index is 0.393. The summed E-state index contributed by atoms with van der Waals surface area (Å²) in [5.41, 5.74) is 1.45. The van der Waals surface area contributed by atoms with E-state index in [0.29, 0.717) is 6.17 Å².